The lowest BCUT2D eigenvalue weighted by molar-refractivity contribution is -0.202. The molecule has 3 aromatic rings. The normalized spacial score (nSPS) is 24.1. The predicted molar refractivity (Wildman–Crippen MR) is 140 cm³/mol. The van der Waals surface area contributed by atoms with Gasteiger partial charge < -0.3 is 23.7 Å². The van der Waals surface area contributed by atoms with Crippen molar-refractivity contribution in [3.63, 3.8) is 0 Å². The van der Waals surface area contributed by atoms with Crippen molar-refractivity contribution in [2.75, 3.05) is 26.4 Å². The number of hydrogen-bond donors (Lipinski definition) is 0. The van der Waals surface area contributed by atoms with Gasteiger partial charge in [-0.05, 0) is 53.8 Å². The molecule has 2 aliphatic heterocycles. The van der Waals surface area contributed by atoms with Crippen LogP contribution < -0.4 is 4.74 Å². The number of fused-ring (bicyclic) bond motifs is 1. The molecule has 0 aromatic heterocycles. The van der Waals surface area contributed by atoms with Gasteiger partial charge in [-0.15, -0.1) is 0 Å². The molecule has 0 aliphatic carbocycles. The lowest BCUT2D eigenvalue weighted by Crippen LogP contribution is -2.49. The van der Waals surface area contributed by atoms with Crippen molar-refractivity contribution in [1.29, 1.82) is 0 Å². The van der Waals surface area contributed by atoms with Gasteiger partial charge in [0.25, 0.3) is 0 Å². The third kappa shape index (κ3) is 6.28. The van der Waals surface area contributed by atoms with Gasteiger partial charge in [0.15, 0.2) is 0 Å². The molecule has 0 bridgehead atoms. The highest BCUT2D eigenvalue weighted by Gasteiger charge is 2.42. The summed E-state index contributed by atoms with van der Waals surface area (Å²) in [5.41, 5.74) is 4.48. The van der Waals surface area contributed by atoms with Crippen LogP contribution in [0.25, 0.3) is 0 Å². The molecule has 5 rings (SSSR count). The Hall–Kier alpha value is -2.41. The molecule has 2 fully saturated rings. The Morgan fingerprint density at radius 1 is 0.944 bits per heavy atom. The molecule has 36 heavy (non-hydrogen) atoms. The van der Waals surface area contributed by atoms with E-state index in [-0.39, 0.29) is 24.4 Å². The molecule has 3 unspecified atom stereocenters. The molecule has 2 heterocycles. The van der Waals surface area contributed by atoms with Crippen LogP contribution in [-0.2, 0) is 32.0 Å². The summed E-state index contributed by atoms with van der Waals surface area (Å²) in [5.74, 6) is 0.876. The van der Waals surface area contributed by atoms with Gasteiger partial charge >= 0.3 is 0 Å². The average molecular weight is 509 g/mol. The Bertz CT molecular complexity index is 1100. The van der Waals surface area contributed by atoms with Crippen LogP contribution in [0.15, 0.2) is 72.8 Å². The number of halogens is 1. The molecule has 0 N–H and O–H groups in total. The van der Waals surface area contributed by atoms with E-state index in [1.165, 1.54) is 5.56 Å². The number of ether oxygens (including phenoxy) is 5. The number of hydrogen-bond acceptors (Lipinski definition) is 5. The summed E-state index contributed by atoms with van der Waals surface area (Å²) in [4.78, 5) is 0. The van der Waals surface area contributed by atoms with E-state index < -0.39 is 0 Å². The number of rotatable bonds is 8. The molecule has 5 nitrogen and oxygen atoms in total. The second-order valence-corrected chi connectivity index (χ2v) is 9.66. The second kappa shape index (κ2) is 12.2. The molecular formula is C30H33ClO5. The fourth-order valence-corrected chi connectivity index (χ4v) is 5.08. The summed E-state index contributed by atoms with van der Waals surface area (Å²) < 4.78 is 30.4. The van der Waals surface area contributed by atoms with Gasteiger partial charge in [0.1, 0.15) is 18.0 Å². The van der Waals surface area contributed by atoms with Gasteiger partial charge in [-0.25, -0.2) is 0 Å². The number of benzene rings is 3. The third-order valence-corrected chi connectivity index (χ3v) is 7.08. The van der Waals surface area contributed by atoms with Crippen LogP contribution in [0.2, 0.25) is 5.02 Å². The first-order valence-corrected chi connectivity index (χ1v) is 13.1. The Morgan fingerprint density at radius 2 is 1.78 bits per heavy atom. The van der Waals surface area contributed by atoms with Gasteiger partial charge in [-0.3, -0.25) is 0 Å². The fraction of sp³-hybridized carbons (Fsp3) is 0.400. The summed E-state index contributed by atoms with van der Waals surface area (Å²) >= 11 is 6.61. The van der Waals surface area contributed by atoms with Crippen LogP contribution in [0.4, 0.5) is 0 Å². The van der Waals surface area contributed by atoms with Gasteiger partial charge in [-0.1, -0.05) is 66.2 Å². The lowest BCUT2D eigenvalue weighted by atomic mass is 9.92. The van der Waals surface area contributed by atoms with E-state index in [0.29, 0.717) is 39.5 Å². The molecule has 0 radical (unpaired) electrons. The molecule has 2 aliphatic rings. The minimum atomic E-state index is -0.183. The lowest BCUT2D eigenvalue weighted by Gasteiger charge is -2.40. The van der Waals surface area contributed by atoms with Crippen LogP contribution in [0.1, 0.15) is 41.7 Å². The quantitative estimate of drug-likeness (QED) is 0.364. The van der Waals surface area contributed by atoms with E-state index in [0.717, 1.165) is 33.9 Å². The first-order valence-electron chi connectivity index (χ1n) is 12.7. The predicted octanol–water partition coefficient (Wildman–Crippen LogP) is 6.16. The van der Waals surface area contributed by atoms with Crippen molar-refractivity contribution in [3.05, 3.63) is 100 Å². The zero-order valence-corrected chi connectivity index (χ0v) is 21.4. The zero-order chi connectivity index (χ0) is 24.7. The van der Waals surface area contributed by atoms with E-state index >= 15 is 0 Å². The van der Waals surface area contributed by atoms with Crippen molar-refractivity contribution in [2.24, 2.45) is 0 Å². The summed E-state index contributed by atoms with van der Waals surface area (Å²) in [6.07, 6.45) is 0.880. The van der Waals surface area contributed by atoms with Crippen LogP contribution in [0.5, 0.6) is 5.75 Å². The maximum atomic E-state index is 6.61. The largest absolute Gasteiger partial charge is 0.494 e. The molecule has 0 saturated carbocycles. The first-order chi connectivity index (χ1) is 17.7. The Morgan fingerprint density at radius 3 is 2.58 bits per heavy atom. The molecule has 0 amide bonds. The minimum Gasteiger partial charge on any atom is -0.494 e. The van der Waals surface area contributed by atoms with Gasteiger partial charge in [0, 0.05) is 11.4 Å². The van der Waals surface area contributed by atoms with Crippen molar-refractivity contribution in [2.45, 2.75) is 50.8 Å². The summed E-state index contributed by atoms with van der Waals surface area (Å²) in [6, 6.07) is 24.6. The molecule has 6 heteroatoms. The molecule has 4 atom stereocenters. The van der Waals surface area contributed by atoms with E-state index in [9.17, 15) is 0 Å². The first kappa shape index (κ1) is 25.2. The maximum absolute atomic E-state index is 6.61. The van der Waals surface area contributed by atoms with Gasteiger partial charge in [-0.2, -0.15) is 0 Å². The summed E-state index contributed by atoms with van der Waals surface area (Å²) in [5, 5.41) is 0.749. The third-order valence-electron chi connectivity index (χ3n) is 6.72. The zero-order valence-electron chi connectivity index (χ0n) is 20.6. The summed E-state index contributed by atoms with van der Waals surface area (Å²) in [6.45, 7) is 4.79. The average Bonchev–Trinajstić information content (AvgIpc) is 3.16. The van der Waals surface area contributed by atoms with Crippen molar-refractivity contribution in [3.8, 4) is 5.75 Å². The van der Waals surface area contributed by atoms with Crippen molar-refractivity contribution < 1.29 is 23.7 Å². The highest BCUT2D eigenvalue weighted by atomic mass is 35.5. The molecule has 3 aromatic carbocycles. The Balaban J connectivity index is 1.33. The smallest absolute Gasteiger partial charge is 0.119 e. The maximum Gasteiger partial charge on any atom is 0.119 e. The fourth-order valence-electron chi connectivity index (χ4n) is 4.90. The highest BCUT2D eigenvalue weighted by Crippen LogP contribution is 2.37. The Labute approximate surface area is 218 Å². The monoisotopic (exact) mass is 508 g/mol. The van der Waals surface area contributed by atoms with Crippen molar-refractivity contribution >= 4 is 11.6 Å². The van der Waals surface area contributed by atoms with E-state index in [1.54, 1.807) is 0 Å². The molecule has 0 spiro atoms. The van der Waals surface area contributed by atoms with Crippen molar-refractivity contribution in [1.82, 2.24) is 0 Å². The van der Waals surface area contributed by atoms with Crippen LogP contribution in [-0.4, -0.2) is 44.7 Å². The van der Waals surface area contributed by atoms with Crippen LogP contribution in [0, 0.1) is 0 Å². The standard InChI is InChI=1S/C30H33ClO5/c1-2-33-25-11-8-21(9-12-25)16-24-17-23(10-13-26(24)31)27-18-28(35-19-22-6-4-3-5-7-22)30-29(36-27)20-32-14-15-34-30/h3-13,17,27-30H,2,14-16,18-20H2,1H3/t27?,28?,29?,30-/m0/s1. The molecule has 2 saturated heterocycles. The van der Waals surface area contributed by atoms with Crippen LogP contribution in [0.3, 0.4) is 0 Å². The van der Waals surface area contributed by atoms with Gasteiger partial charge in [0.05, 0.1) is 45.2 Å². The summed E-state index contributed by atoms with van der Waals surface area (Å²) in [7, 11) is 0. The molecule has 190 valence electrons. The second-order valence-electron chi connectivity index (χ2n) is 9.25. The SMILES string of the molecule is CCOc1ccc(Cc2cc(C3CC(OCc4ccccc4)[C@@H]4OCCOCC4O3)ccc2Cl)cc1. The Kier molecular flexibility index (Phi) is 8.57. The molecular weight excluding hydrogens is 476 g/mol. The van der Waals surface area contributed by atoms with Crippen LogP contribution >= 0.6 is 11.6 Å². The minimum absolute atomic E-state index is 0.0964. The van der Waals surface area contributed by atoms with E-state index in [2.05, 4.69) is 36.4 Å². The van der Waals surface area contributed by atoms with Gasteiger partial charge in [0.2, 0.25) is 0 Å². The van der Waals surface area contributed by atoms with E-state index in [1.807, 2.05) is 43.3 Å². The topological polar surface area (TPSA) is 46.2 Å². The van der Waals surface area contributed by atoms with E-state index in [4.69, 9.17) is 35.3 Å². The highest BCUT2D eigenvalue weighted by molar-refractivity contribution is 6.31.